The number of ether oxygens (including phenoxy) is 1. The molecular formula is C27H31N7O. The van der Waals surface area contributed by atoms with Gasteiger partial charge in [0.2, 0.25) is 0 Å². The third-order valence-electron chi connectivity index (χ3n) is 7.46. The summed E-state index contributed by atoms with van der Waals surface area (Å²) in [6, 6.07) is 11.0. The van der Waals surface area contributed by atoms with Crippen LogP contribution in [0.4, 0.5) is 5.82 Å². The van der Waals surface area contributed by atoms with Gasteiger partial charge in [-0.05, 0) is 76.1 Å². The molecular weight excluding hydrogens is 438 g/mol. The number of nitrogens with one attached hydrogen (secondary N) is 1. The van der Waals surface area contributed by atoms with Crippen molar-refractivity contribution >= 4 is 16.7 Å². The number of rotatable bonds is 5. The molecule has 2 atom stereocenters. The molecule has 0 saturated carbocycles. The Hall–Kier alpha value is -3.52. The summed E-state index contributed by atoms with van der Waals surface area (Å²) in [6.07, 6.45) is 6.20. The lowest BCUT2D eigenvalue weighted by molar-refractivity contribution is 0.225. The van der Waals surface area contributed by atoms with Crippen LogP contribution in [-0.4, -0.2) is 62.5 Å². The number of pyridine rings is 1. The Morgan fingerprint density at radius 2 is 2.00 bits per heavy atom. The molecule has 1 N–H and O–H groups in total. The molecule has 0 amide bonds. The predicted molar refractivity (Wildman–Crippen MR) is 137 cm³/mol. The first-order chi connectivity index (χ1) is 17.1. The van der Waals surface area contributed by atoms with E-state index in [0.717, 1.165) is 70.2 Å². The van der Waals surface area contributed by atoms with Crippen molar-refractivity contribution in [2.75, 3.05) is 31.1 Å². The minimum atomic E-state index is -0.139. The SMILES string of the molecule is Cc1cnnc(C)c1C(C)Oc1ccc2[nH]nc(-c3ccc(N4CCN5CCC[C@H]5C4)nc3)c2c1. The number of hydrogen-bond acceptors (Lipinski definition) is 7. The molecule has 35 heavy (non-hydrogen) atoms. The second-order valence-corrected chi connectivity index (χ2v) is 9.75. The highest BCUT2D eigenvalue weighted by Gasteiger charge is 2.31. The topological polar surface area (TPSA) is 83.1 Å². The highest BCUT2D eigenvalue weighted by atomic mass is 16.5. The van der Waals surface area contributed by atoms with Gasteiger partial charge >= 0.3 is 0 Å². The third kappa shape index (κ3) is 4.12. The fraction of sp³-hybridized carbons (Fsp3) is 0.407. The number of aromatic amines is 1. The van der Waals surface area contributed by atoms with Crippen LogP contribution in [0.25, 0.3) is 22.2 Å². The average Bonchev–Trinajstić information content (AvgIpc) is 3.50. The number of H-pyrrole nitrogens is 1. The normalized spacial score (nSPS) is 19.2. The van der Waals surface area contributed by atoms with Crippen LogP contribution in [0.2, 0.25) is 0 Å². The van der Waals surface area contributed by atoms with E-state index in [1.54, 1.807) is 6.20 Å². The van der Waals surface area contributed by atoms with E-state index in [1.807, 2.05) is 39.1 Å². The Labute approximate surface area is 205 Å². The minimum Gasteiger partial charge on any atom is -0.486 e. The van der Waals surface area contributed by atoms with E-state index in [-0.39, 0.29) is 6.10 Å². The number of nitrogens with zero attached hydrogens (tertiary/aromatic N) is 6. The Balaban J connectivity index is 1.23. The fourth-order valence-corrected chi connectivity index (χ4v) is 5.69. The quantitative estimate of drug-likeness (QED) is 0.462. The van der Waals surface area contributed by atoms with E-state index in [4.69, 9.17) is 9.72 Å². The lowest BCUT2D eigenvalue weighted by Gasteiger charge is -2.38. The van der Waals surface area contributed by atoms with Crippen LogP contribution in [-0.2, 0) is 0 Å². The zero-order valence-electron chi connectivity index (χ0n) is 20.5. The molecule has 3 aromatic heterocycles. The van der Waals surface area contributed by atoms with E-state index in [2.05, 4.69) is 48.4 Å². The van der Waals surface area contributed by atoms with Crippen molar-refractivity contribution in [1.29, 1.82) is 0 Å². The molecule has 2 aliphatic heterocycles. The van der Waals surface area contributed by atoms with Gasteiger partial charge < -0.3 is 9.64 Å². The summed E-state index contributed by atoms with van der Waals surface area (Å²) in [4.78, 5) is 9.86. The molecule has 2 saturated heterocycles. The van der Waals surface area contributed by atoms with Crippen LogP contribution in [0.1, 0.15) is 42.7 Å². The molecule has 2 fully saturated rings. The second-order valence-electron chi connectivity index (χ2n) is 9.75. The molecule has 0 aliphatic carbocycles. The maximum atomic E-state index is 6.33. The van der Waals surface area contributed by atoms with Gasteiger partial charge in [-0.2, -0.15) is 15.3 Å². The average molecular weight is 470 g/mol. The maximum Gasteiger partial charge on any atom is 0.128 e. The summed E-state index contributed by atoms with van der Waals surface area (Å²) in [5.41, 5.74) is 5.90. The monoisotopic (exact) mass is 469 g/mol. The molecule has 8 nitrogen and oxygen atoms in total. The largest absolute Gasteiger partial charge is 0.486 e. The number of benzene rings is 1. The number of hydrogen-bond donors (Lipinski definition) is 1. The summed E-state index contributed by atoms with van der Waals surface area (Å²) in [5.74, 6) is 1.84. The Bertz CT molecular complexity index is 1330. The van der Waals surface area contributed by atoms with Gasteiger partial charge in [0, 0.05) is 48.4 Å². The van der Waals surface area contributed by atoms with E-state index in [9.17, 15) is 0 Å². The first-order valence-corrected chi connectivity index (χ1v) is 12.5. The van der Waals surface area contributed by atoms with E-state index in [0.29, 0.717) is 6.04 Å². The number of aromatic nitrogens is 5. The van der Waals surface area contributed by atoms with Gasteiger partial charge in [0.15, 0.2) is 0 Å². The van der Waals surface area contributed by atoms with E-state index >= 15 is 0 Å². The van der Waals surface area contributed by atoms with Crippen molar-refractivity contribution in [3.05, 3.63) is 59.5 Å². The van der Waals surface area contributed by atoms with E-state index < -0.39 is 0 Å². The standard InChI is InChI=1S/C27H31N7O/c1-17-14-29-30-18(2)26(17)19(3)35-22-7-8-24-23(13-22)27(32-31-24)20-6-9-25(28-15-20)34-12-11-33-10-4-5-21(33)16-34/h6-9,13-15,19,21H,4-5,10-12,16H2,1-3H3,(H,31,32)/t19?,21-/m0/s1. The van der Waals surface area contributed by atoms with Crippen molar-refractivity contribution < 1.29 is 4.74 Å². The second kappa shape index (κ2) is 8.92. The van der Waals surface area contributed by atoms with Gasteiger partial charge in [-0.15, -0.1) is 0 Å². The molecule has 0 spiro atoms. The summed E-state index contributed by atoms with van der Waals surface area (Å²) in [5, 5.41) is 17.0. The Kier molecular flexibility index (Phi) is 5.60. The summed E-state index contributed by atoms with van der Waals surface area (Å²) in [6.45, 7) is 10.6. The number of anilines is 1. The van der Waals surface area contributed by atoms with Crippen molar-refractivity contribution in [1.82, 2.24) is 30.3 Å². The molecule has 180 valence electrons. The third-order valence-corrected chi connectivity index (χ3v) is 7.46. The molecule has 5 heterocycles. The van der Waals surface area contributed by atoms with Crippen molar-refractivity contribution in [2.24, 2.45) is 0 Å². The van der Waals surface area contributed by atoms with Crippen LogP contribution < -0.4 is 9.64 Å². The lowest BCUT2D eigenvalue weighted by Crippen LogP contribution is -2.50. The first kappa shape index (κ1) is 22.0. The van der Waals surface area contributed by atoms with Gasteiger partial charge in [-0.1, -0.05) is 0 Å². The van der Waals surface area contributed by atoms with Gasteiger partial charge in [0.1, 0.15) is 23.4 Å². The highest BCUT2D eigenvalue weighted by Crippen LogP contribution is 2.32. The summed E-state index contributed by atoms with van der Waals surface area (Å²) < 4.78 is 6.33. The van der Waals surface area contributed by atoms with Gasteiger partial charge in [0.25, 0.3) is 0 Å². The summed E-state index contributed by atoms with van der Waals surface area (Å²) >= 11 is 0. The fourth-order valence-electron chi connectivity index (χ4n) is 5.69. The maximum absolute atomic E-state index is 6.33. The van der Waals surface area contributed by atoms with Gasteiger partial charge in [-0.25, -0.2) is 4.98 Å². The summed E-state index contributed by atoms with van der Waals surface area (Å²) in [7, 11) is 0. The molecule has 1 aromatic carbocycles. The van der Waals surface area contributed by atoms with Crippen LogP contribution in [0.3, 0.4) is 0 Å². The van der Waals surface area contributed by atoms with Gasteiger partial charge in [0.05, 0.1) is 17.4 Å². The minimum absolute atomic E-state index is 0.139. The zero-order chi connectivity index (χ0) is 23.9. The predicted octanol–water partition coefficient (Wildman–Crippen LogP) is 4.46. The molecule has 8 heteroatoms. The van der Waals surface area contributed by atoms with Crippen molar-refractivity contribution in [3.63, 3.8) is 0 Å². The van der Waals surface area contributed by atoms with E-state index in [1.165, 1.54) is 19.4 Å². The van der Waals surface area contributed by atoms with Crippen molar-refractivity contribution in [2.45, 2.75) is 45.8 Å². The highest BCUT2D eigenvalue weighted by molar-refractivity contribution is 5.93. The van der Waals surface area contributed by atoms with Crippen molar-refractivity contribution in [3.8, 4) is 17.0 Å². The molecule has 6 rings (SSSR count). The Morgan fingerprint density at radius 3 is 2.83 bits per heavy atom. The number of aryl methyl sites for hydroxylation is 2. The van der Waals surface area contributed by atoms with Crippen LogP contribution in [0.15, 0.2) is 42.7 Å². The van der Waals surface area contributed by atoms with Crippen LogP contribution in [0.5, 0.6) is 5.75 Å². The van der Waals surface area contributed by atoms with Crippen LogP contribution >= 0.6 is 0 Å². The zero-order valence-corrected chi connectivity index (χ0v) is 20.5. The molecule has 4 aromatic rings. The smallest absolute Gasteiger partial charge is 0.128 e. The number of piperazine rings is 1. The van der Waals surface area contributed by atoms with Crippen LogP contribution in [0, 0.1) is 13.8 Å². The lowest BCUT2D eigenvalue weighted by atomic mass is 10.0. The molecule has 0 radical (unpaired) electrons. The van der Waals surface area contributed by atoms with Gasteiger partial charge in [-0.3, -0.25) is 10.00 Å². The molecule has 0 bridgehead atoms. The Morgan fingerprint density at radius 1 is 1.09 bits per heavy atom. The molecule has 1 unspecified atom stereocenters. The first-order valence-electron chi connectivity index (χ1n) is 12.5. The molecule has 2 aliphatic rings. The number of fused-ring (bicyclic) bond motifs is 2.